The number of nitrogens with zero attached hydrogens (tertiary/aromatic N) is 5. The summed E-state index contributed by atoms with van der Waals surface area (Å²) in [6.07, 6.45) is -3.54. The SMILES string of the molecule is Cn1nccc1-c1cc(=O)n(-c2ccc(OCC(F)(F)F)nc2)c(OC(CF)CF)n1. The average Bonchev–Trinajstić information content (AvgIpc) is 3.16. The average molecular weight is 445 g/mol. The fraction of sp³-hybridized carbons (Fsp3) is 0.333. The largest absolute Gasteiger partial charge is 0.468 e. The third-order valence-corrected chi connectivity index (χ3v) is 3.95. The van der Waals surface area contributed by atoms with Crippen molar-refractivity contribution >= 4 is 0 Å². The molecule has 3 heterocycles. The van der Waals surface area contributed by atoms with Gasteiger partial charge < -0.3 is 9.47 Å². The second-order valence-corrected chi connectivity index (χ2v) is 6.24. The van der Waals surface area contributed by atoms with Crippen LogP contribution in [0.1, 0.15) is 0 Å². The number of aromatic nitrogens is 5. The molecule has 3 rings (SSSR count). The van der Waals surface area contributed by atoms with E-state index in [0.717, 1.165) is 22.9 Å². The topological polar surface area (TPSA) is 84.1 Å². The highest BCUT2D eigenvalue weighted by atomic mass is 19.4. The molecule has 0 spiro atoms. The van der Waals surface area contributed by atoms with E-state index in [9.17, 15) is 26.7 Å². The van der Waals surface area contributed by atoms with E-state index in [0.29, 0.717) is 5.69 Å². The zero-order valence-corrected chi connectivity index (χ0v) is 16.0. The molecule has 0 atom stereocenters. The lowest BCUT2D eigenvalue weighted by molar-refractivity contribution is -0.154. The van der Waals surface area contributed by atoms with E-state index in [1.807, 2.05) is 0 Å². The van der Waals surface area contributed by atoms with E-state index < -0.39 is 43.8 Å². The summed E-state index contributed by atoms with van der Waals surface area (Å²) in [7, 11) is 1.61. The second-order valence-electron chi connectivity index (χ2n) is 6.24. The van der Waals surface area contributed by atoms with Crippen molar-refractivity contribution in [3.05, 3.63) is 47.0 Å². The minimum Gasteiger partial charge on any atom is -0.468 e. The van der Waals surface area contributed by atoms with Gasteiger partial charge in [0.05, 0.1) is 23.3 Å². The molecule has 0 radical (unpaired) electrons. The van der Waals surface area contributed by atoms with Gasteiger partial charge in [0.1, 0.15) is 13.3 Å². The van der Waals surface area contributed by atoms with Gasteiger partial charge in [-0.1, -0.05) is 0 Å². The zero-order chi connectivity index (χ0) is 22.6. The molecule has 166 valence electrons. The Morgan fingerprint density at radius 3 is 2.45 bits per heavy atom. The van der Waals surface area contributed by atoms with Crippen molar-refractivity contribution in [2.75, 3.05) is 20.0 Å². The number of pyridine rings is 1. The molecule has 0 saturated heterocycles. The Bertz CT molecular complexity index is 1080. The molecule has 0 saturated carbocycles. The number of hydrogen-bond donors (Lipinski definition) is 0. The highest BCUT2D eigenvalue weighted by Crippen LogP contribution is 2.22. The van der Waals surface area contributed by atoms with Gasteiger partial charge in [-0.15, -0.1) is 0 Å². The molecule has 0 aromatic carbocycles. The Hall–Kier alpha value is -3.51. The number of rotatable bonds is 8. The Balaban J connectivity index is 2.02. The third kappa shape index (κ3) is 5.35. The second kappa shape index (κ2) is 9.10. The van der Waals surface area contributed by atoms with Crippen LogP contribution in [0.5, 0.6) is 11.9 Å². The van der Waals surface area contributed by atoms with Crippen LogP contribution >= 0.6 is 0 Å². The molecule has 0 amide bonds. The van der Waals surface area contributed by atoms with E-state index in [4.69, 9.17) is 4.74 Å². The van der Waals surface area contributed by atoms with Gasteiger partial charge in [-0.25, -0.2) is 18.3 Å². The van der Waals surface area contributed by atoms with Crippen LogP contribution in [0.25, 0.3) is 17.1 Å². The first kappa shape index (κ1) is 22.2. The van der Waals surface area contributed by atoms with Crippen molar-refractivity contribution in [3.63, 3.8) is 0 Å². The van der Waals surface area contributed by atoms with Crippen LogP contribution in [0, 0.1) is 0 Å². The summed E-state index contributed by atoms with van der Waals surface area (Å²) in [6.45, 7) is -3.89. The molecule has 0 bridgehead atoms. The van der Waals surface area contributed by atoms with Gasteiger partial charge in [-0.2, -0.15) is 23.3 Å². The van der Waals surface area contributed by atoms with Crippen LogP contribution in [-0.4, -0.2) is 56.6 Å². The van der Waals surface area contributed by atoms with Gasteiger partial charge in [0.15, 0.2) is 12.7 Å². The molecule has 0 aliphatic carbocycles. The van der Waals surface area contributed by atoms with E-state index in [2.05, 4.69) is 19.8 Å². The molecule has 0 aliphatic heterocycles. The van der Waals surface area contributed by atoms with E-state index in [1.54, 1.807) is 13.1 Å². The monoisotopic (exact) mass is 445 g/mol. The molecular weight excluding hydrogens is 429 g/mol. The van der Waals surface area contributed by atoms with Crippen LogP contribution in [-0.2, 0) is 7.05 Å². The molecule has 0 fully saturated rings. The molecule has 0 unspecified atom stereocenters. The van der Waals surface area contributed by atoms with E-state index in [-0.39, 0.29) is 17.3 Å². The number of aryl methyl sites for hydroxylation is 1. The Morgan fingerprint density at radius 2 is 1.90 bits per heavy atom. The predicted molar refractivity (Wildman–Crippen MR) is 97.7 cm³/mol. The molecule has 31 heavy (non-hydrogen) atoms. The minimum absolute atomic E-state index is 0.0416. The number of hydrogen-bond acceptors (Lipinski definition) is 6. The normalized spacial score (nSPS) is 11.7. The maximum Gasteiger partial charge on any atom is 0.422 e. The Morgan fingerprint density at radius 1 is 1.16 bits per heavy atom. The zero-order valence-electron chi connectivity index (χ0n) is 16.0. The first-order valence-electron chi connectivity index (χ1n) is 8.79. The summed E-state index contributed by atoms with van der Waals surface area (Å²) in [5, 5.41) is 3.97. The summed E-state index contributed by atoms with van der Waals surface area (Å²) >= 11 is 0. The van der Waals surface area contributed by atoms with Crippen LogP contribution < -0.4 is 15.0 Å². The number of ether oxygens (including phenoxy) is 2. The molecule has 3 aromatic heterocycles. The molecule has 3 aromatic rings. The highest BCUT2D eigenvalue weighted by Gasteiger charge is 2.28. The van der Waals surface area contributed by atoms with Crippen LogP contribution in [0.15, 0.2) is 41.5 Å². The lowest BCUT2D eigenvalue weighted by Crippen LogP contribution is -2.28. The Kier molecular flexibility index (Phi) is 6.51. The first-order chi connectivity index (χ1) is 14.7. The highest BCUT2D eigenvalue weighted by molar-refractivity contribution is 5.54. The summed E-state index contributed by atoms with van der Waals surface area (Å²) in [5.41, 5.74) is -0.0470. The van der Waals surface area contributed by atoms with Gasteiger partial charge in [-0.05, 0) is 12.1 Å². The maximum atomic E-state index is 13.0. The quantitative estimate of drug-likeness (QED) is 0.496. The van der Waals surface area contributed by atoms with Gasteiger partial charge >= 0.3 is 12.2 Å². The summed E-state index contributed by atoms with van der Waals surface area (Å²) in [4.78, 5) is 20.7. The number of halogens is 5. The first-order valence-corrected chi connectivity index (χ1v) is 8.79. The molecule has 8 nitrogen and oxygen atoms in total. The molecule has 0 aliphatic rings. The fourth-order valence-corrected chi connectivity index (χ4v) is 2.53. The standard InChI is InChI=1S/C18H16F5N5O3/c1-27-14(4-5-25-27)13-6-16(29)28(17(26-13)31-12(7-19)8-20)11-2-3-15(24-9-11)30-10-18(21,22)23/h2-6,9,12H,7-8,10H2,1H3. The summed E-state index contributed by atoms with van der Waals surface area (Å²) in [5.74, 6) is -0.332. The van der Waals surface area contributed by atoms with Crippen molar-refractivity contribution in [1.29, 1.82) is 0 Å². The van der Waals surface area contributed by atoms with E-state index in [1.165, 1.54) is 16.9 Å². The fourth-order valence-electron chi connectivity index (χ4n) is 2.53. The molecular formula is C18H16F5N5O3. The van der Waals surface area contributed by atoms with Gasteiger partial charge in [-0.3, -0.25) is 9.48 Å². The van der Waals surface area contributed by atoms with Gasteiger partial charge in [0.2, 0.25) is 5.88 Å². The Labute approximate surface area is 171 Å². The third-order valence-electron chi connectivity index (χ3n) is 3.95. The minimum atomic E-state index is -4.54. The van der Waals surface area contributed by atoms with Crippen molar-refractivity contribution in [2.24, 2.45) is 7.05 Å². The lowest BCUT2D eigenvalue weighted by atomic mass is 10.3. The van der Waals surface area contributed by atoms with Crippen molar-refractivity contribution < 1.29 is 31.4 Å². The maximum absolute atomic E-state index is 13.0. The smallest absolute Gasteiger partial charge is 0.422 e. The van der Waals surface area contributed by atoms with Crippen LogP contribution in [0.3, 0.4) is 0 Å². The van der Waals surface area contributed by atoms with Crippen molar-refractivity contribution in [2.45, 2.75) is 12.3 Å². The molecule has 0 N–H and O–H groups in total. The van der Waals surface area contributed by atoms with Gasteiger partial charge in [0.25, 0.3) is 5.56 Å². The predicted octanol–water partition coefficient (Wildman–Crippen LogP) is 2.66. The molecule has 13 heteroatoms. The number of alkyl halides is 5. The summed E-state index contributed by atoms with van der Waals surface area (Å²) in [6, 6.07) is 4.64. The lowest BCUT2D eigenvalue weighted by Gasteiger charge is -2.17. The van der Waals surface area contributed by atoms with Crippen LogP contribution in [0.2, 0.25) is 0 Å². The van der Waals surface area contributed by atoms with E-state index >= 15 is 0 Å². The summed E-state index contributed by atoms with van der Waals surface area (Å²) < 4.78 is 75.0. The van der Waals surface area contributed by atoms with Crippen molar-refractivity contribution in [1.82, 2.24) is 24.3 Å². The van der Waals surface area contributed by atoms with Gasteiger partial charge in [0, 0.05) is 25.4 Å². The van der Waals surface area contributed by atoms with Crippen LogP contribution in [0.4, 0.5) is 22.0 Å². The van der Waals surface area contributed by atoms with Crippen molar-refractivity contribution in [3.8, 4) is 29.0 Å².